The van der Waals surface area contributed by atoms with Crippen molar-refractivity contribution in [2.24, 2.45) is 0 Å². The van der Waals surface area contributed by atoms with Gasteiger partial charge in [-0.3, -0.25) is 0 Å². The van der Waals surface area contributed by atoms with Crippen LogP contribution in [0.25, 0.3) is 6.08 Å². The standard InChI is InChI=1S/C16H22O2/c1-10(2)14-8-6-13(7-9-15(17)18)12(5)16(14)11(3)4/h6-11H,1-5H3,(H,17,18)/b9-7+. The van der Waals surface area contributed by atoms with E-state index in [4.69, 9.17) is 5.11 Å². The molecule has 2 nitrogen and oxygen atoms in total. The Balaban J connectivity index is 3.35. The van der Waals surface area contributed by atoms with Gasteiger partial charge in [0.15, 0.2) is 0 Å². The molecule has 1 aromatic rings. The molecule has 0 aliphatic carbocycles. The summed E-state index contributed by atoms with van der Waals surface area (Å²) in [6.07, 6.45) is 2.87. The summed E-state index contributed by atoms with van der Waals surface area (Å²) in [7, 11) is 0. The van der Waals surface area contributed by atoms with E-state index in [1.807, 2.05) is 6.07 Å². The molecule has 1 rings (SSSR count). The Bertz CT molecular complexity index is 468. The van der Waals surface area contributed by atoms with Gasteiger partial charge < -0.3 is 5.11 Å². The molecule has 0 aliphatic rings. The molecule has 0 aliphatic heterocycles. The minimum atomic E-state index is -0.909. The first-order chi connectivity index (χ1) is 8.34. The molecule has 98 valence electrons. The molecule has 2 heteroatoms. The molecule has 0 heterocycles. The summed E-state index contributed by atoms with van der Waals surface area (Å²) >= 11 is 0. The van der Waals surface area contributed by atoms with Crippen molar-refractivity contribution < 1.29 is 9.90 Å². The van der Waals surface area contributed by atoms with Crippen molar-refractivity contribution in [2.45, 2.75) is 46.5 Å². The van der Waals surface area contributed by atoms with Gasteiger partial charge >= 0.3 is 5.97 Å². The molecule has 0 fully saturated rings. The lowest BCUT2D eigenvalue weighted by Gasteiger charge is -2.20. The van der Waals surface area contributed by atoms with E-state index in [0.717, 1.165) is 5.56 Å². The molecule has 0 radical (unpaired) electrons. The van der Waals surface area contributed by atoms with Crippen LogP contribution in [0.5, 0.6) is 0 Å². The highest BCUT2D eigenvalue weighted by molar-refractivity contribution is 5.85. The highest BCUT2D eigenvalue weighted by Crippen LogP contribution is 2.31. The van der Waals surface area contributed by atoms with Crippen LogP contribution in [0.15, 0.2) is 18.2 Å². The third-order valence-electron chi connectivity index (χ3n) is 3.20. The number of carboxylic acid groups (broad SMARTS) is 1. The zero-order valence-electron chi connectivity index (χ0n) is 11.8. The first-order valence-corrected chi connectivity index (χ1v) is 6.39. The molecule has 1 N–H and O–H groups in total. The predicted molar refractivity (Wildman–Crippen MR) is 76.0 cm³/mol. The van der Waals surface area contributed by atoms with Gasteiger partial charge in [0.05, 0.1) is 0 Å². The van der Waals surface area contributed by atoms with Gasteiger partial charge in [0.1, 0.15) is 0 Å². The average Bonchev–Trinajstić information content (AvgIpc) is 2.25. The van der Waals surface area contributed by atoms with Crippen LogP contribution in [0.3, 0.4) is 0 Å². The van der Waals surface area contributed by atoms with Crippen LogP contribution in [0.1, 0.15) is 61.8 Å². The second-order valence-electron chi connectivity index (χ2n) is 5.26. The van der Waals surface area contributed by atoms with Gasteiger partial charge in [-0.15, -0.1) is 0 Å². The predicted octanol–water partition coefficient (Wildman–Crippen LogP) is 4.34. The van der Waals surface area contributed by atoms with E-state index in [1.165, 1.54) is 22.8 Å². The first-order valence-electron chi connectivity index (χ1n) is 6.39. The summed E-state index contributed by atoms with van der Waals surface area (Å²) in [5.41, 5.74) is 4.88. The Hall–Kier alpha value is -1.57. The molecule has 0 aromatic heterocycles. The van der Waals surface area contributed by atoms with Crippen LogP contribution in [0.4, 0.5) is 0 Å². The lowest BCUT2D eigenvalue weighted by Crippen LogP contribution is -2.03. The molecule has 0 unspecified atom stereocenters. The van der Waals surface area contributed by atoms with Crippen molar-refractivity contribution in [2.75, 3.05) is 0 Å². The van der Waals surface area contributed by atoms with Crippen molar-refractivity contribution in [3.8, 4) is 0 Å². The van der Waals surface area contributed by atoms with E-state index in [9.17, 15) is 4.79 Å². The Morgan fingerprint density at radius 3 is 2.22 bits per heavy atom. The van der Waals surface area contributed by atoms with Gasteiger partial charge in [0.25, 0.3) is 0 Å². The third-order valence-corrected chi connectivity index (χ3v) is 3.20. The van der Waals surface area contributed by atoms with Gasteiger partial charge in [0.2, 0.25) is 0 Å². The summed E-state index contributed by atoms with van der Waals surface area (Å²) in [6.45, 7) is 10.8. The minimum Gasteiger partial charge on any atom is -0.478 e. The molecule has 0 spiro atoms. The topological polar surface area (TPSA) is 37.3 Å². The summed E-state index contributed by atoms with van der Waals surface area (Å²) in [6, 6.07) is 4.13. The molecule has 0 atom stereocenters. The van der Waals surface area contributed by atoms with Crippen molar-refractivity contribution in [1.82, 2.24) is 0 Å². The van der Waals surface area contributed by atoms with Crippen molar-refractivity contribution in [3.05, 3.63) is 40.5 Å². The molecule has 0 saturated carbocycles. The fourth-order valence-electron chi connectivity index (χ4n) is 2.38. The maximum absolute atomic E-state index is 10.6. The summed E-state index contributed by atoms with van der Waals surface area (Å²) < 4.78 is 0. The highest BCUT2D eigenvalue weighted by atomic mass is 16.4. The first kappa shape index (κ1) is 14.5. The zero-order chi connectivity index (χ0) is 13.9. The molecule has 18 heavy (non-hydrogen) atoms. The molecular weight excluding hydrogens is 224 g/mol. The fraction of sp³-hybridized carbons (Fsp3) is 0.438. The molecule has 0 saturated heterocycles. The van der Waals surface area contributed by atoms with Crippen LogP contribution in [0, 0.1) is 6.92 Å². The van der Waals surface area contributed by atoms with Gasteiger partial charge in [-0.05, 0) is 47.1 Å². The Morgan fingerprint density at radius 2 is 1.78 bits per heavy atom. The number of hydrogen-bond donors (Lipinski definition) is 1. The summed E-state index contributed by atoms with van der Waals surface area (Å²) in [5.74, 6) is 0.0209. The SMILES string of the molecule is Cc1c(/C=C/C(=O)O)ccc(C(C)C)c1C(C)C. The second-order valence-corrected chi connectivity index (χ2v) is 5.26. The minimum absolute atomic E-state index is 0.445. The number of aliphatic carboxylic acids is 1. The third kappa shape index (κ3) is 3.22. The quantitative estimate of drug-likeness (QED) is 0.802. The van der Waals surface area contributed by atoms with Gasteiger partial charge in [-0.25, -0.2) is 4.79 Å². The number of carbonyl (C=O) groups is 1. The lowest BCUT2D eigenvalue weighted by atomic mass is 9.85. The van der Waals surface area contributed by atoms with Gasteiger partial charge in [-0.1, -0.05) is 39.8 Å². The summed E-state index contributed by atoms with van der Waals surface area (Å²) in [4.78, 5) is 10.6. The number of rotatable bonds is 4. The molecule has 0 bridgehead atoms. The van der Waals surface area contributed by atoms with Crippen LogP contribution < -0.4 is 0 Å². The molecular formula is C16H22O2. The second kappa shape index (κ2) is 5.85. The Kier molecular flexibility index (Phi) is 4.71. The summed E-state index contributed by atoms with van der Waals surface area (Å²) in [5, 5.41) is 8.70. The van der Waals surface area contributed by atoms with Crippen LogP contribution in [-0.4, -0.2) is 11.1 Å². The highest BCUT2D eigenvalue weighted by Gasteiger charge is 2.14. The normalized spacial score (nSPS) is 11.7. The zero-order valence-corrected chi connectivity index (χ0v) is 11.8. The van der Waals surface area contributed by atoms with E-state index in [2.05, 4.69) is 40.7 Å². The van der Waals surface area contributed by atoms with E-state index in [0.29, 0.717) is 11.8 Å². The van der Waals surface area contributed by atoms with Gasteiger partial charge in [0, 0.05) is 6.08 Å². The maximum atomic E-state index is 10.6. The van der Waals surface area contributed by atoms with Crippen LogP contribution in [-0.2, 0) is 4.79 Å². The van der Waals surface area contributed by atoms with Crippen molar-refractivity contribution in [3.63, 3.8) is 0 Å². The Labute approximate surface area is 109 Å². The van der Waals surface area contributed by atoms with Crippen LogP contribution >= 0.6 is 0 Å². The van der Waals surface area contributed by atoms with Crippen molar-refractivity contribution in [1.29, 1.82) is 0 Å². The van der Waals surface area contributed by atoms with E-state index < -0.39 is 5.97 Å². The molecule has 0 amide bonds. The number of carboxylic acids is 1. The van der Waals surface area contributed by atoms with E-state index in [1.54, 1.807) is 6.08 Å². The van der Waals surface area contributed by atoms with Crippen LogP contribution in [0.2, 0.25) is 0 Å². The Morgan fingerprint density at radius 1 is 1.17 bits per heavy atom. The number of hydrogen-bond acceptors (Lipinski definition) is 1. The van der Waals surface area contributed by atoms with E-state index >= 15 is 0 Å². The molecule has 1 aromatic carbocycles. The lowest BCUT2D eigenvalue weighted by molar-refractivity contribution is -0.131. The maximum Gasteiger partial charge on any atom is 0.328 e. The largest absolute Gasteiger partial charge is 0.478 e. The number of benzene rings is 1. The van der Waals surface area contributed by atoms with Crippen molar-refractivity contribution >= 4 is 12.0 Å². The smallest absolute Gasteiger partial charge is 0.328 e. The average molecular weight is 246 g/mol. The monoisotopic (exact) mass is 246 g/mol. The van der Waals surface area contributed by atoms with E-state index in [-0.39, 0.29) is 0 Å². The fourth-order valence-corrected chi connectivity index (χ4v) is 2.38. The van der Waals surface area contributed by atoms with Gasteiger partial charge in [-0.2, -0.15) is 0 Å².